The van der Waals surface area contributed by atoms with Crippen LogP contribution in [0.2, 0.25) is 0 Å². The second-order valence-corrected chi connectivity index (χ2v) is 8.81. The number of nitrogens with one attached hydrogen (secondary N) is 1. The summed E-state index contributed by atoms with van der Waals surface area (Å²) in [7, 11) is 0. The van der Waals surface area contributed by atoms with E-state index in [1.165, 1.54) is 31.2 Å². The van der Waals surface area contributed by atoms with Gasteiger partial charge in [-0.2, -0.15) is 0 Å². The van der Waals surface area contributed by atoms with Crippen molar-refractivity contribution in [3.05, 3.63) is 34.4 Å². The molecule has 3 atom stereocenters. The highest BCUT2D eigenvalue weighted by molar-refractivity contribution is 5.95. The molecule has 0 heterocycles. The van der Waals surface area contributed by atoms with E-state index < -0.39 is 33.9 Å². The zero-order chi connectivity index (χ0) is 20.1. The highest BCUT2D eigenvalue weighted by Crippen LogP contribution is 2.62. The van der Waals surface area contributed by atoms with E-state index in [-0.39, 0.29) is 11.4 Å². The van der Waals surface area contributed by atoms with Gasteiger partial charge < -0.3 is 15.2 Å². The van der Waals surface area contributed by atoms with Crippen LogP contribution in [0, 0.1) is 27.4 Å². The fraction of sp³-hybridized carbons (Fsp3) is 0.600. The maximum atomic E-state index is 12.9. The van der Waals surface area contributed by atoms with Gasteiger partial charge in [0.2, 0.25) is 0 Å². The SMILES string of the molecule is CC(OC(=O)C12CC3CC(CC(O)(C3)C1)C2)C(=O)Nc1cccc([N+](=O)[O-])c1. The fourth-order valence-corrected chi connectivity index (χ4v) is 5.73. The predicted octanol–water partition coefficient (Wildman–Crippen LogP) is 2.80. The third-order valence-electron chi connectivity index (χ3n) is 6.44. The minimum absolute atomic E-state index is 0.135. The molecule has 1 aromatic carbocycles. The van der Waals surface area contributed by atoms with Crippen LogP contribution in [0.15, 0.2) is 24.3 Å². The molecule has 8 nitrogen and oxygen atoms in total. The molecule has 4 fully saturated rings. The number of hydrogen-bond acceptors (Lipinski definition) is 6. The summed E-state index contributed by atoms with van der Waals surface area (Å²) < 4.78 is 5.50. The first-order chi connectivity index (χ1) is 13.2. The highest BCUT2D eigenvalue weighted by atomic mass is 16.6. The molecule has 0 spiro atoms. The Morgan fingerprint density at radius 2 is 1.96 bits per heavy atom. The van der Waals surface area contributed by atoms with Gasteiger partial charge in [-0.15, -0.1) is 0 Å². The van der Waals surface area contributed by atoms with Crippen LogP contribution in [0.5, 0.6) is 0 Å². The maximum Gasteiger partial charge on any atom is 0.312 e. The first kappa shape index (κ1) is 18.9. The van der Waals surface area contributed by atoms with Crippen molar-refractivity contribution in [2.75, 3.05) is 5.32 Å². The average molecular weight is 388 g/mol. The number of anilines is 1. The van der Waals surface area contributed by atoms with Gasteiger partial charge in [-0.25, -0.2) is 0 Å². The largest absolute Gasteiger partial charge is 0.452 e. The molecule has 4 aliphatic rings. The molecule has 0 aliphatic heterocycles. The second kappa shape index (κ2) is 6.55. The van der Waals surface area contributed by atoms with E-state index in [4.69, 9.17) is 4.74 Å². The minimum atomic E-state index is -1.03. The molecule has 1 aromatic rings. The van der Waals surface area contributed by atoms with Crippen LogP contribution in [0.1, 0.15) is 45.4 Å². The van der Waals surface area contributed by atoms with Gasteiger partial charge in [0.25, 0.3) is 11.6 Å². The Morgan fingerprint density at radius 1 is 1.29 bits per heavy atom. The molecule has 2 N–H and O–H groups in total. The zero-order valence-electron chi connectivity index (χ0n) is 15.7. The summed E-state index contributed by atoms with van der Waals surface area (Å²) in [6, 6.07) is 5.59. The average Bonchev–Trinajstić information content (AvgIpc) is 2.59. The number of hydrogen-bond donors (Lipinski definition) is 2. The van der Waals surface area contributed by atoms with Gasteiger partial charge in [0.05, 0.1) is 15.9 Å². The molecule has 28 heavy (non-hydrogen) atoms. The standard InChI is InChI=1S/C20H24N2O6/c1-12(17(23)21-15-3-2-4-16(6-15)22(26)27)28-18(24)19-7-13-5-14(8-19)10-20(25,9-13)11-19/h2-4,6,12-14,25H,5,7-11H2,1H3,(H,21,23). The van der Waals surface area contributed by atoms with E-state index in [0.29, 0.717) is 31.1 Å². The molecule has 4 saturated carbocycles. The fourth-order valence-electron chi connectivity index (χ4n) is 5.73. The molecule has 4 bridgehead atoms. The number of esters is 1. The maximum absolute atomic E-state index is 12.9. The lowest BCUT2D eigenvalue weighted by molar-refractivity contribution is -0.384. The molecule has 1 amide bonds. The number of non-ortho nitro benzene ring substituents is 1. The number of carbonyl (C=O) groups is 2. The van der Waals surface area contributed by atoms with E-state index in [2.05, 4.69) is 5.32 Å². The number of nitrogens with zero attached hydrogens (tertiary/aromatic N) is 1. The number of carbonyl (C=O) groups excluding carboxylic acids is 2. The Morgan fingerprint density at radius 3 is 2.57 bits per heavy atom. The minimum Gasteiger partial charge on any atom is -0.452 e. The number of rotatable bonds is 5. The van der Waals surface area contributed by atoms with Crippen molar-refractivity contribution in [3.63, 3.8) is 0 Å². The monoisotopic (exact) mass is 388 g/mol. The molecule has 0 radical (unpaired) electrons. The highest BCUT2D eigenvalue weighted by Gasteiger charge is 2.61. The summed E-state index contributed by atoms with van der Waals surface area (Å²) in [5.41, 5.74) is -1.34. The smallest absolute Gasteiger partial charge is 0.312 e. The second-order valence-electron chi connectivity index (χ2n) is 8.81. The van der Waals surface area contributed by atoms with Crippen LogP contribution < -0.4 is 5.32 Å². The first-order valence-electron chi connectivity index (χ1n) is 9.67. The summed E-state index contributed by atoms with van der Waals surface area (Å²) in [6.07, 6.45) is 3.36. The van der Waals surface area contributed by atoms with Gasteiger partial charge in [-0.3, -0.25) is 19.7 Å². The number of nitro benzene ring substituents is 1. The van der Waals surface area contributed by atoms with E-state index >= 15 is 0 Å². The summed E-state index contributed by atoms with van der Waals surface area (Å²) in [5, 5.41) is 24.2. The van der Waals surface area contributed by atoms with Crippen molar-refractivity contribution in [3.8, 4) is 0 Å². The summed E-state index contributed by atoms with van der Waals surface area (Å²) in [6.45, 7) is 1.49. The lowest BCUT2D eigenvalue weighted by Gasteiger charge is -2.58. The van der Waals surface area contributed by atoms with Crippen LogP contribution in [-0.2, 0) is 14.3 Å². The van der Waals surface area contributed by atoms with Crippen LogP contribution >= 0.6 is 0 Å². The van der Waals surface area contributed by atoms with E-state index in [0.717, 1.165) is 19.3 Å². The molecule has 4 aliphatic carbocycles. The summed E-state index contributed by atoms with van der Waals surface area (Å²) in [5.74, 6) is -0.278. The van der Waals surface area contributed by atoms with Gasteiger partial charge in [0.15, 0.2) is 6.10 Å². The molecular weight excluding hydrogens is 364 g/mol. The van der Waals surface area contributed by atoms with Gasteiger partial charge in [-0.1, -0.05) is 6.07 Å². The summed E-state index contributed by atoms with van der Waals surface area (Å²) >= 11 is 0. The molecule has 3 unspecified atom stereocenters. The molecular formula is C20H24N2O6. The van der Waals surface area contributed by atoms with Gasteiger partial charge in [-0.05, 0) is 63.4 Å². The molecule has 0 saturated heterocycles. The Hall–Kier alpha value is -2.48. The first-order valence-corrected chi connectivity index (χ1v) is 9.67. The predicted molar refractivity (Wildman–Crippen MR) is 99.3 cm³/mol. The number of benzene rings is 1. The lowest BCUT2D eigenvalue weighted by atomic mass is 9.48. The quantitative estimate of drug-likeness (QED) is 0.455. The lowest BCUT2D eigenvalue weighted by Crippen LogP contribution is -2.59. The number of ether oxygens (including phenoxy) is 1. The van der Waals surface area contributed by atoms with Crippen molar-refractivity contribution >= 4 is 23.3 Å². The Bertz CT molecular complexity index is 824. The normalized spacial score (nSPS) is 33.9. The topological polar surface area (TPSA) is 119 Å². The van der Waals surface area contributed by atoms with Gasteiger partial charge in [0, 0.05) is 17.8 Å². The Balaban J connectivity index is 1.41. The van der Waals surface area contributed by atoms with E-state index in [1.807, 2.05) is 0 Å². The molecule has 8 heteroatoms. The van der Waals surface area contributed by atoms with Gasteiger partial charge in [0.1, 0.15) is 0 Å². The van der Waals surface area contributed by atoms with Crippen LogP contribution in [0.4, 0.5) is 11.4 Å². The number of amides is 1. The van der Waals surface area contributed by atoms with Gasteiger partial charge >= 0.3 is 5.97 Å². The number of nitro groups is 1. The number of aliphatic hydroxyl groups is 1. The van der Waals surface area contributed by atoms with Crippen molar-refractivity contribution in [2.24, 2.45) is 17.3 Å². The van der Waals surface area contributed by atoms with Crippen molar-refractivity contribution < 1.29 is 24.4 Å². The molecule has 5 rings (SSSR count). The van der Waals surface area contributed by atoms with E-state index in [1.54, 1.807) is 0 Å². The van der Waals surface area contributed by atoms with Crippen molar-refractivity contribution in [2.45, 2.75) is 57.2 Å². The van der Waals surface area contributed by atoms with Crippen LogP contribution in [0.3, 0.4) is 0 Å². The Kier molecular flexibility index (Phi) is 4.41. The third-order valence-corrected chi connectivity index (χ3v) is 6.44. The third kappa shape index (κ3) is 3.37. The molecule has 150 valence electrons. The van der Waals surface area contributed by atoms with Crippen molar-refractivity contribution in [1.82, 2.24) is 0 Å². The zero-order valence-corrected chi connectivity index (χ0v) is 15.7. The van der Waals surface area contributed by atoms with E-state index in [9.17, 15) is 24.8 Å². The van der Waals surface area contributed by atoms with Crippen LogP contribution in [0.25, 0.3) is 0 Å². The van der Waals surface area contributed by atoms with Crippen LogP contribution in [-0.4, -0.2) is 33.6 Å². The summed E-state index contributed by atoms with van der Waals surface area (Å²) in [4.78, 5) is 35.7. The Labute approximate surface area is 162 Å². The molecule has 0 aromatic heterocycles. The van der Waals surface area contributed by atoms with Crippen molar-refractivity contribution in [1.29, 1.82) is 0 Å².